The first-order valence-electron chi connectivity index (χ1n) is 10.8. The smallest absolute Gasteiger partial charge is 0.263 e. The highest BCUT2D eigenvalue weighted by molar-refractivity contribution is 6.03. The van der Waals surface area contributed by atoms with Crippen molar-refractivity contribution in [2.24, 2.45) is 7.05 Å². The van der Waals surface area contributed by atoms with Gasteiger partial charge in [-0.3, -0.25) is 9.59 Å². The molecule has 0 radical (unpaired) electrons. The molecular formula is C23H24N8O2. The maximum Gasteiger partial charge on any atom is 0.263 e. The molecule has 0 atom stereocenters. The Balaban J connectivity index is 1.43. The average Bonchev–Trinajstić information content (AvgIpc) is 3.32. The minimum atomic E-state index is -0.532. The summed E-state index contributed by atoms with van der Waals surface area (Å²) in [6.45, 7) is 4.05. The number of hydrogen-bond donors (Lipinski definition) is 1. The monoisotopic (exact) mass is 444 g/mol. The number of hydrogen-bond acceptors (Lipinski definition) is 6. The molecule has 168 valence electrons. The van der Waals surface area contributed by atoms with Crippen LogP contribution in [0.3, 0.4) is 0 Å². The fraction of sp³-hybridized carbons (Fsp3) is 0.304. The number of aromatic nitrogens is 7. The van der Waals surface area contributed by atoms with Gasteiger partial charge >= 0.3 is 0 Å². The van der Waals surface area contributed by atoms with Crippen molar-refractivity contribution < 1.29 is 4.79 Å². The van der Waals surface area contributed by atoms with Crippen LogP contribution in [0.15, 0.2) is 54.1 Å². The molecule has 1 aliphatic rings. The van der Waals surface area contributed by atoms with Crippen LogP contribution in [-0.2, 0) is 7.05 Å². The molecule has 0 aliphatic heterocycles. The summed E-state index contributed by atoms with van der Waals surface area (Å²) < 4.78 is 5.13. The molecule has 10 nitrogen and oxygen atoms in total. The Kier molecular flexibility index (Phi) is 5.12. The molecule has 1 amide bonds. The van der Waals surface area contributed by atoms with Gasteiger partial charge in [0, 0.05) is 31.4 Å². The number of imidazole rings is 1. The summed E-state index contributed by atoms with van der Waals surface area (Å²) in [6, 6.07) is 6.98. The molecule has 0 spiro atoms. The normalized spacial score (nSPS) is 13.5. The molecule has 1 saturated carbocycles. The number of anilines is 1. The van der Waals surface area contributed by atoms with Gasteiger partial charge in [-0.2, -0.15) is 0 Å². The average molecular weight is 444 g/mol. The first kappa shape index (κ1) is 20.8. The lowest BCUT2D eigenvalue weighted by Gasteiger charge is -2.11. The zero-order valence-corrected chi connectivity index (χ0v) is 18.6. The topological polar surface area (TPSA) is 113 Å². The number of carbonyl (C=O) groups is 1. The van der Waals surface area contributed by atoms with Crippen LogP contribution in [0.5, 0.6) is 0 Å². The van der Waals surface area contributed by atoms with Crippen molar-refractivity contribution in [3.8, 4) is 17.2 Å². The van der Waals surface area contributed by atoms with Crippen molar-refractivity contribution in [2.75, 3.05) is 5.32 Å². The number of pyridine rings is 2. The lowest BCUT2D eigenvalue weighted by Crippen LogP contribution is -2.28. The van der Waals surface area contributed by atoms with Crippen LogP contribution in [0, 0.1) is 0 Å². The molecule has 0 aromatic carbocycles. The van der Waals surface area contributed by atoms with Crippen LogP contribution in [0.1, 0.15) is 54.7 Å². The Hall–Kier alpha value is -4.08. The summed E-state index contributed by atoms with van der Waals surface area (Å²) in [6.07, 6.45) is 9.30. The molecule has 33 heavy (non-hydrogen) atoms. The second-order valence-electron chi connectivity index (χ2n) is 8.53. The Labute approximate surface area is 190 Å². The van der Waals surface area contributed by atoms with E-state index in [1.807, 2.05) is 29.2 Å². The van der Waals surface area contributed by atoms with Crippen molar-refractivity contribution in [1.82, 2.24) is 33.9 Å². The highest BCUT2D eigenvalue weighted by Crippen LogP contribution is 2.39. The third-order valence-corrected chi connectivity index (χ3v) is 5.66. The number of carbonyl (C=O) groups excluding carboxylic acids is 1. The maximum atomic E-state index is 13.0. The number of nitrogens with one attached hydrogen (secondary N) is 1. The quantitative estimate of drug-likeness (QED) is 0.489. The minimum Gasteiger partial charge on any atom is -0.316 e. The number of nitrogens with zero attached hydrogens (tertiary/aromatic N) is 7. The van der Waals surface area contributed by atoms with Crippen molar-refractivity contribution in [3.63, 3.8) is 0 Å². The summed E-state index contributed by atoms with van der Waals surface area (Å²) in [4.78, 5) is 34.7. The second kappa shape index (κ2) is 8.12. The zero-order chi connectivity index (χ0) is 23.1. The summed E-state index contributed by atoms with van der Waals surface area (Å²) in [5.74, 6) is 0.906. The predicted octanol–water partition coefficient (Wildman–Crippen LogP) is 2.94. The van der Waals surface area contributed by atoms with Crippen LogP contribution >= 0.6 is 0 Å². The lowest BCUT2D eigenvalue weighted by molar-refractivity contribution is 0.102. The van der Waals surface area contributed by atoms with Gasteiger partial charge < -0.3 is 19.0 Å². The minimum absolute atomic E-state index is 0.0224. The van der Waals surface area contributed by atoms with E-state index in [1.165, 1.54) is 4.57 Å². The van der Waals surface area contributed by atoms with Crippen LogP contribution in [0.25, 0.3) is 17.2 Å². The maximum absolute atomic E-state index is 13.0. The molecule has 1 fully saturated rings. The van der Waals surface area contributed by atoms with Gasteiger partial charge in [0.05, 0.1) is 17.7 Å². The van der Waals surface area contributed by atoms with Gasteiger partial charge in [-0.05, 0) is 44.9 Å². The molecule has 5 rings (SSSR count). The molecule has 1 N–H and O–H groups in total. The lowest BCUT2D eigenvalue weighted by atomic mass is 10.2. The number of rotatable bonds is 6. The molecule has 0 unspecified atom stereocenters. The van der Waals surface area contributed by atoms with E-state index in [4.69, 9.17) is 0 Å². The molecule has 4 aromatic rings. The SMILES string of the molecule is CC(C)n1cnnc1-c1cccc(NC(=O)c2cc(-n3cnc(C4CC4)c3)cn(C)c2=O)n1. The van der Waals surface area contributed by atoms with Crippen LogP contribution in [0.4, 0.5) is 5.82 Å². The van der Waals surface area contributed by atoms with E-state index >= 15 is 0 Å². The highest BCUT2D eigenvalue weighted by atomic mass is 16.2. The van der Waals surface area contributed by atoms with E-state index in [0.717, 1.165) is 18.5 Å². The Morgan fingerprint density at radius 2 is 2.00 bits per heavy atom. The summed E-state index contributed by atoms with van der Waals surface area (Å²) in [5.41, 5.74) is 1.92. The Bertz CT molecular complexity index is 1390. The molecule has 10 heteroatoms. The molecular weight excluding hydrogens is 420 g/mol. The predicted molar refractivity (Wildman–Crippen MR) is 122 cm³/mol. The summed E-state index contributed by atoms with van der Waals surface area (Å²) >= 11 is 0. The fourth-order valence-electron chi connectivity index (χ4n) is 3.68. The van der Waals surface area contributed by atoms with E-state index in [-0.39, 0.29) is 11.6 Å². The third kappa shape index (κ3) is 4.07. The second-order valence-corrected chi connectivity index (χ2v) is 8.53. The molecule has 0 bridgehead atoms. The van der Waals surface area contributed by atoms with Gasteiger partial charge in [0.2, 0.25) is 0 Å². The van der Waals surface area contributed by atoms with Gasteiger partial charge in [-0.15, -0.1) is 10.2 Å². The number of amides is 1. The van der Waals surface area contributed by atoms with E-state index < -0.39 is 11.5 Å². The zero-order valence-electron chi connectivity index (χ0n) is 18.6. The molecule has 1 aliphatic carbocycles. The Morgan fingerprint density at radius 3 is 2.76 bits per heavy atom. The van der Waals surface area contributed by atoms with E-state index in [1.54, 1.807) is 50.2 Å². The van der Waals surface area contributed by atoms with Crippen molar-refractivity contribution in [1.29, 1.82) is 0 Å². The summed E-state index contributed by atoms with van der Waals surface area (Å²) in [7, 11) is 1.62. The summed E-state index contributed by atoms with van der Waals surface area (Å²) in [5, 5.41) is 10.9. The van der Waals surface area contributed by atoms with Gasteiger partial charge in [-0.25, -0.2) is 9.97 Å². The standard InChI is InChI=1S/C23H24N8O2/c1-14(2)31-13-25-28-21(31)18-5-4-6-20(26-18)27-22(32)17-9-16(10-29(3)23(17)33)30-11-19(24-12-30)15-7-8-15/h4-6,9-15H,7-8H2,1-3H3,(H,26,27,32). The van der Waals surface area contributed by atoms with Crippen LogP contribution in [-0.4, -0.2) is 39.8 Å². The van der Waals surface area contributed by atoms with Crippen LogP contribution < -0.4 is 10.9 Å². The van der Waals surface area contributed by atoms with E-state index in [9.17, 15) is 9.59 Å². The highest BCUT2D eigenvalue weighted by Gasteiger charge is 2.26. The first-order chi connectivity index (χ1) is 15.9. The van der Waals surface area contributed by atoms with Crippen LogP contribution in [0.2, 0.25) is 0 Å². The van der Waals surface area contributed by atoms with Gasteiger partial charge in [0.15, 0.2) is 5.82 Å². The van der Waals surface area contributed by atoms with Gasteiger partial charge in [-0.1, -0.05) is 6.07 Å². The van der Waals surface area contributed by atoms with Crippen molar-refractivity contribution in [2.45, 2.75) is 38.6 Å². The molecule has 4 heterocycles. The molecule has 0 saturated heterocycles. The third-order valence-electron chi connectivity index (χ3n) is 5.66. The van der Waals surface area contributed by atoms with E-state index in [2.05, 4.69) is 25.5 Å². The fourth-order valence-corrected chi connectivity index (χ4v) is 3.68. The van der Waals surface area contributed by atoms with Gasteiger partial charge in [0.1, 0.15) is 23.4 Å². The first-order valence-corrected chi connectivity index (χ1v) is 10.8. The number of aryl methyl sites for hydroxylation is 1. The largest absolute Gasteiger partial charge is 0.316 e. The van der Waals surface area contributed by atoms with E-state index in [0.29, 0.717) is 28.9 Å². The van der Waals surface area contributed by atoms with Crippen molar-refractivity contribution >= 4 is 11.7 Å². The van der Waals surface area contributed by atoms with Crippen molar-refractivity contribution in [3.05, 3.63) is 70.9 Å². The molecule has 4 aromatic heterocycles. The van der Waals surface area contributed by atoms with Gasteiger partial charge in [0.25, 0.3) is 11.5 Å². The Morgan fingerprint density at radius 1 is 1.18 bits per heavy atom.